The highest BCUT2D eigenvalue weighted by atomic mass is 16.6. The molecule has 5 unspecified atom stereocenters. The van der Waals surface area contributed by atoms with Gasteiger partial charge in [-0.2, -0.15) is 0 Å². The highest BCUT2D eigenvalue weighted by Gasteiger charge is 2.64. The molecule has 3 heterocycles. The lowest BCUT2D eigenvalue weighted by atomic mass is 9.77. The summed E-state index contributed by atoms with van der Waals surface area (Å²) in [6.07, 6.45) is -0.837. The van der Waals surface area contributed by atoms with E-state index in [1.54, 1.807) is 35.0 Å². The van der Waals surface area contributed by atoms with E-state index >= 15 is 0 Å². The van der Waals surface area contributed by atoms with Crippen LogP contribution in [0.3, 0.4) is 0 Å². The van der Waals surface area contributed by atoms with Gasteiger partial charge in [-0.3, -0.25) is 14.5 Å². The minimum absolute atomic E-state index is 0.142. The number of amides is 3. The zero-order valence-corrected chi connectivity index (χ0v) is 20.3. The number of carbonyl (C=O) groups is 4. The highest BCUT2D eigenvalue weighted by Crippen LogP contribution is 2.51. The monoisotopic (exact) mass is 482 g/mol. The number of likely N-dealkylation sites (tertiary alicyclic amines) is 1. The second-order valence-corrected chi connectivity index (χ2v) is 9.81. The maximum absolute atomic E-state index is 13.1. The van der Waals surface area contributed by atoms with Gasteiger partial charge in [-0.05, 0) is 51.2 Å². The summed E-state index contributed by atoms with van der Waals surface area (Å²) in [5.74, 6) is -2.85. The van der Waals surface area contributed by atoms with Crippen molar-refractivity contribution in [3.8, 4) is 0 Å². The Kier molecular flexibility index (Phi) is 7.99. The third-order valence-electron chi connectivity index (χ3n) is 6.25. The van der Waals surface area contributed by atoms with Gasteiger partial charge in [0.25, 0.3) is 0 Å². The molecule has 0 aromatic carbocycles. The van der Waals surface area contributed by atoms with Crippen molar-refractivity contribution in [3.63, 3.8) is 0 Å². The number of hydrogen-bond acceptors (Lipinski definition) is 8. The summed E-state index contributed by atoms with van der Waals surface area (Å²) in [6.45, 7) is 5.86. The van der Waals surface area contributed by atoms with E-state index in [2.05, 4.69) is 5.32 Å². The van der Waals surface area contributed by atoms with Gasteiger partial charge in [0.15, 0.2) is 0 Å². The van der Waals surface area contributed by atoms with Crippen LogP contribution in [0.1, 0.15) is 40.0 Å². The summed E-state index contributed by atoms with van der Waals surface area (Å²) in [7, 11) is 3.13. The second kappa shape index (κ2) is 10.4. The van der Waals surface area contributed by atoms with Gasteiger partial charge in [-0.15, -0.1) is 0 Å². The lowest BCUT2D eigenvalue weighted by Crippen LogP contribution is -2.43. The summed E-state index contributed by atoms with van der Waals surface area (Å²) >= 11 is 0. The van der Waals surface area contributed by atoms with Gasteiger partial charge in [-0.25, -0.2) is 9.59 Å². The molecule has 3 aliphatic heterocycles. The van der Waals surface area contributed by atoms with Crippen LogP contribution in [0.5, 0.6) is 0 Å². The third-order valence-corrected chi connectivity index (χ3v) is 6.25. The van der Waals surface area contributed by atoms with E-state index < -0.39 is 47.7 Å². The maximum atomic E-state index is 13.1. The first-order valence-electron chi connectivity index (χ1n) is 11.4. The zero-order chi connectivity index (χ0) is 25.2. The van der Waals surface area contributed by atoms with E-state index in [0.29, 0.717) is 26.1 Å². The Labute approximate surface area is 198 Å². The van der Waals surface area contributed by atoms with Gasteiger partial charge in [0, 0.05) is 20.8 Å². The molecule has 0 aromatic heterocycles. The molecule has 3 rings (SSSR count). The van der Waals surface area contributed by atoms with Gasteiger partial charge < -0.3 is 29.4 Å². The first-order valence-corrected chi connectivity index (χ1v) is 11.4. The lowest BCUT2D eigenvalue weighted by Gasteiger charge is -2.22. The van der Waals surface area contributed by atoms with E-state index in [0.717, 1.165) is 11.1 Å². The molecule has 0 saturated carbocycles. The molecule has 2 fully saturated rings. The highest BCUT2D eigenvalue weighted by molar-refractivity contribution is 6.07. The van der Waals surface area contributed by atoms with Crippen LogP contribution in [0, 0.1) is 11.8 Å². The normalized spacial score (nSPS) is 26.8. The summed E-state index contributed by atoms with van der Waals surface area (Å²) < 4.78 is 21.7. The van der Waals surface area contributed by atoms with Crippen LogP contribution in [0.2, 0.25) is 0 Å². The van der Waals surface area contributed by atoms with Crippen molar-refractivity contribution in [3.05, 3.63) is 11.1 Å². The maximum Gasteiger partial charge on any atom is 0.408 e. The standard InChI is InChI=1S/C23H34N2O9/c1-23(2,3)34-22(30)24-14(21(28)29)8-6-7-9-25-19(26)15-16(20(25)27)18-13(11-32-5)12(10-31-4)17(15)33-18/h14-18H,6-11H2,1-5H3,(H,24,30)(H,28,29). The molecule has 190 valence electrons. The van der Waals surface area contributed by atoms with Gasteiger partial charge >= 0.3 is 12.1 Å². The Bertz CT molecular complexity index is 823. The number of ether oxygens (including phenoxy) is 4. The molecule has 3 amide bonds. The second-order valence-electron chi connectivity index (χ2n) is 9.81. The van der Waals surface area contributed by atoms with Crippen molar-refractivity contribution < 1.29 is 43.2 Å². The molecule has 0 radical (unpaired) electrons. The minimum atomic E-state index is -1.18. The Morgan fingerprint density at radius 1 is 1.03 bits per heavy atom. The van der Waals surface area contributed by atoms with E-state index in [9.17, 15) is 24.3 Å². The van der Waals surface area contributed by atoms with E-state index in [-0.39, 0.29) is 24.8 Å². The molecule has 0 spiro atoms. The lowest BCUT2D eigenvalue weighted by molar-refractivity contribution is -0.143. The number of imide groups is 1. The number of alkyl carbamates (subject to hydrolysis) is 1. The molecular formula is C23H34N2O9. The molecule has 11 nitrogen and oxygen atoms in total. The van der Waals surface area contributed by atoms with Crippen molar-refractivity contribution in [2.24, 2.45) is 11.8 Å². The average Bonchev–Trinajstić information content (AvgIpc) is 3.35. The number of carboxylic acid groups (broad SMARTS) is 1. The Hall–Kier alpha value is -2.50. The fourth-order valence-corrected chi connectivity index (χ4v) is 4.91. The fourth-order valence-electron chi connectivity index (χ4n) is 4.91. The Morgan fingerprint density at radius 2 is 1.56 bits per heavy atom. The number of fused-ring (bicyclic) bond motifs is 5. The molecule has 2 bridgehead atoms. The van der Waals surface area contributed by atoms with Crippen LogP contribution in [0.15, 0.2) is 11.1 Å². The topological polar surface area (TPSA) is 141 Å². The van der Waals surface area contributed by atoms with E-state index in [4.69, 9.17) is 18.9 Å². The van der Waals surface area contributed by atoms with Crippen molar-refractivity contribution in [1.29, 1.82) is 0 Å². The van der Waals surface area contributed by atoms with E-state index in [1.165, 1.54) is 4.90 Å². The summed E-state index contributed by atoms with van der Waals surface area (Å²) in [4.78, 5) is 50.8. The molecule has 5 atom stereocenters. The summed E-state index contributed by atoms with van der Waals surface area (Å²) in [5, 5.41) is 11.7. The van der Waals surface area contributed by atoms with Crippen LogP contribution in [0.4, 0.5) is 4.79 Å². The predicted molar refractivity (Wildman–Crippen MR) is 118 cm³/mol. The van der Waals surface area contributed by atoms with Gasteiger partial charge in [-0.1, -0.05) is 0 Å². The number of rotatable bonds is 11. The number of carbonyl (C=O) groups excluding carboxylic acids is 3. The minimum Gasteiger partial charge on any atom is -0.480 e. The first-order chi connectivity index (χ1) is 16.0. The Morgan fingerprint density at radius 3 is 2.00 bits per heavy atom. The number of unbranched alkanes of at least 4 members (excludes halogenated alkanes) is 1. The van der Waals surface area contributed by atoms with Crippen molar-refractivity contribution in [1.82, 2.24) is 10.2 Å². The first kappa shape index (κ1) is 26.1. The number of methoxy groups -OCH3 is 2. The number of carboxylic acids is 1. The molecule has 34 heavy (non-hydrogen) atoms. The fraction of sp³-hybridized carbons (Fsp3) is 0.739. The van der Waals surface area contributed by atoms with Crippen LogP contribution in [-0.2, 0) is 33.3 Å². The number of nitrogens with zero attached hydrogens (tertiary/aromatic N) is 1. The largest absolute Gasteiger partial charge is 0.480 e. The number of hydrogen-bond donors (Lipinski definition) is 2. The van der Waals surface area contributed by atoms with Crippen LogP contribution < -0.4 is 5.32 Å². The number of nitrogens with one attached hydrogen (secondary N) is 1. The summed E-state index contributed by atoms with van der Waals surface area (Å²) in [5.41, 5.74) is 0.999. The Balaban J connectivity index is 1.55. The third kappa shape index (κ3) is 5.26. The number of aliphatic carboxylic acids is 1. The van der Waals surface area contributed by atoms with Crippen molar-refractivity contribution in [2.45, 2.75) is 63.9 Å². The van der Waals surface area contributed by atoms with Crippen LogP contribution in [0.25, 0.3) is 0 Å². The zero-order valence-electron chi connectivity index (χ0n) is 20.3. The molecule has 0 aliphatic carbocycles. The SMILES string of the molecule is COCC1=C(COC)C2OC1C1C(=O)N(CCCCC(NC(=O)OC(C)(C)C)C(=O)O)C(=O)C21. The molecule has 0 aromatic rings. The molecular weight excluding hydrogens is 448 g/mol. The van der Waals surface area contributed by atoms with Crippen LogP contribution >= 0.6 is 0 Å². The smallest absolute Gasteiger partial charge is 0.408 e. The van der Waals surface area contributed by atoms with Crippen LogP contribution in [-0.4, -0.2) is 91.7 Å². The van der Waals surface area contributed by atoms with Gasteiger partial charge in [0.1, 0.15) is 11.6 Å². The molecule has 11 heteroatoms. The van der Waals surface area contributed by atoms with Crippen molar-refractivity contribution in [2.75, 3.05) is 34.0 Å². The predicted octanol–water partition coefficient (Wildman–Crippen LogP) is 1.11. The van der Waals surface area contributed by atoms with Gasteiger partial charge in [0.05, 0.1) is 37.3 Å². The van der Waals surface area contributed by atoms with Gasteiger partial charge in [0.2, 0.25) is 11.8 Å². The summed E-state index contributed by atoms with van der Waals surface area (Å²) in [6, 6.07) is -1.12. The molecule has 2 saturated heterocycles. The van der Waals surface area contributed by atoms with Crippen molar-refractivity contribution >= 4 is 23.9 Å². The molecule has 2 N–H and O–H groups in total. The van der Waals surface area contributed by atoms with E-state index in [1.807, 2.05) is 0 Å². The quantitative estimate of drug-likeness (QED) is 0.252. The molecule has 3 aliphatic rings. The average molecular weight is 483 g/mol.